The van der Waals surface area contributed by atoms with Crippen LogP contribution in [0.5, 0.6) is 0 Å². The molecule has 5 rings (SSSR count). The molecule has 5 fully saturated rings. The highest BCUT2D eigenvalue weighted by Gasteiger charge is 2.71. The Morgan fingerprint density at radius 2 is 2.00 bits per heavy atom. The number of hydrogen-bond donors (Lipinski definition) is 1. The van der Waals surface area contributed by atoms with E-state index < -0.39 is 47.4 Å². The smallest absolute Gasteiger partial charge is 0.340 e. The maximum atomic E-state index is 12.4. The number of epoxide rings is 2. The molecule has 26 heavy (non-hydrogen) atoms. The molecule has 3 saturated heterocycles. The average Bonchev–Trinajstić information content (AvgIpc) is 3.47. The van der Waals surface area contributed by atoms with E-state index in [0.717, 1.165) is 5.57 Å². The van der Waals surface area contributed by atoms with Crippen LogP contribution in [0.4, 0.5) is 0 Å². The Morgan fingerprint density at radius 3 is 2.62 bits per heavy atom. The second-order valence-corrected chi connectivity index (χ2v) is 8.37. The molecule has 7 heteroatoms. The summed E-state index contributed by atoms with van der Waals surface area (Å²) in [6.07, 6.45) is -0.815. The van der Waals surface area contributed by atoms with Crippen molar-refractivity contribution in [1.82, 2.24) is 0 Å². The van der Waals surface area contributed by atoms with Crippen LogP contribution >= 0.6 is 0 Å². The SMILES string of the molecule is C=C1C(=O)O[C@H]2[C@H]1[C@@H](OC(=O)[C@@]1(C)CO1)CC(=C)[C@@H]1C[C@H](O)[C@]3(CO3)[C@H]21. The van der Waals surface area contributed by atoms with Crippen molar-refractivity contribution in [3.63, 3.8) is 0 Å². The van der Waals surface area contributed by atoms with Gasteiger partial charge in [0, 0.05) is 17.9 Å². The van der Waals surface area contributed by atoms with Gasteiger partial charge in [-0.1, -0.05) is 18.7 Å². The lowest BCUT2D eigenvalue weighted by atomic mass is 9.78. The zero-order chi connectivity index (χ0) is 18.4. The summed E-state index contributed by atoms with van der Waals surface area (Å²) < 4.78 is 22.3. The number of hydrogen-bond acceptors (Lipinski definition) is 7. The lowest BCUT2D eigenvalue weighted by Crippen LogP contribution is -2.43. The summed E-state index contributed by atoms with van der Waals surface area (Å²) >= 11 is 0. The minimum Gasteiger partial charge on any atom is -0.459 e. The van der Waals surface area contributed by atoms with E-state index in [1.807, 2.05) is 0 Å². The number of ether oxygens (including phenoxy) is 4. The summed E-state index contributed by atoms with van der Waals surface area (Å²) in [4.78, 5) is 24.7. The molecule has 3 heterocycles. The first-order chi connectivity index (χ1) is 12.3. The summed E-state index contributed by atoms with van der Waals surface area (Å²) in [5, 5.41) is 10.5. The first kappa shape index (κ1) is 16.5. The number of aliphatic hydroxyl groups excluding tert-OH is 1. The van der Waals surface area contributed by atoms with Crippen molar-refractivity contribution in [3.05, 3.63) is 24.3 Å². The van der Waals surface area contributed by atoms with Crippen LogP contribution in [0, 0.1) is 17.8 Å². The molecule has 0 unspecified atom stereocenters. The minimum atomic E-state index is -0.902. The minimum absolute atomic E-state index is 0.0461. The molecule has 0 radical (unpaired) electrons. The van der Waals surface area contributed by atoms with Gasteiger partial charge in [0.05, 0.1) is 25.2 Å². The van der Waals surface area contributed by atoms with Crippen molar-refractivity contribution in [3.8, 4) is 0 Å². The standard InChI is InChI=1S/C19H22O7/c1-8-4-11(25-17(22)18(3)6-23-18)13-9(2)16(21)26-15(13)14-10(8)5-12(20)19(14)7-24-19/h10-15,20H,1-2,4-7H2,3H3/t10-,11-,12-,13+,14-,15-,18+,19+/m0/s1. The third-order valence-corrected chi connectivity index (χ3v) is 6.79. The summed E-state index contributed by atoms with van der Waals surface area (Å²) in [7, 11) is 0. The predicted molar refractivity (Wildman–Crippen MR) is 86.8 cm³/mol. The molecule has 8 atom stereocenters. The van der Waals surface area contributed by atoms with E-state index >= 15 is 0 Å². The highest BCUT2D eigenvalue weighted by molar-refractivity contribution is 5.91. The molecule has 2 aliphatic carbocycles. The van der Waals surface area contributed by atoms with Gasteiger partial charge in [-0.05, 0) is 19.3 Å². The molecule has 1 spiro atoms. The van der Waals surface area contributed by atoms with Gasteiger partial charge in [-0.25, -0.2) is 9.59 Å². The number of rotatable bonds is 2. The third kappa shape index (κ3) is 2.05. The van der Waals surface area contributed by atoms with Crippen LogP contribution in [0.2, 0.25) is 0 Å². The molecule has 140 valence electrons. The number of fused-ring (bicyclic) bond motifs is 4. The Bertz CT molecular complexity index is 732. The highest BCUT2D eigenvalue weighted by atomic mass is 16.6. The van der Waals surface area contributed by atoms with Crippen LogP contribution in [0.1, 0.15) is 19.8 Å². The van der Waals surface area contributed by atoms with Crippen molar-refractivity contribution in [2.45, 2.75) is 49.3 Å². The molecular weight excluding hydrogens is 340 g/mol. The van der Waals surface area contributed by atoms with Gasteiger partial charge in [0.25, 0.3) is 0 Å². The first-order valence-electron chi connectivity index (χ1n) is 9.01. The van der Waals surface area contributed by atoms with Gasteiger partial charge in [-0.15, -0.1) is 0 Å². The Hall–Kier alpha value is -1.70. The molecule has 0 aromatic rings. The molecular formula is C19H22O7. The molecule has 7 nitrogen and oxygen atoms in total. The second kappa shape index (κ2) is 4.97. The molecule has 0 aromatic heterocycles. The van der Waals surface area contributed by atoms with Gasteiger partial charge >= 0.3 is 11.9 Å². The molecule has 0 amide bonds. The summed E-state index contributed by atoms with van der Waals surface area (Å²) in [5.41, 5.74) is -0.396. The molecule has 2 saturated carbocycles. The van der Waals surface area contributed by atoms with E-state index in [4.69, 9.17) is 18.9 Å². The Morgan fingerprint density at radius 1 is 1.31 bits per heavy atom. The second-order valence-electron chi connectivity index (χ2n) is 8.37. The van der Waals surface area contributed by atoms with E-state index in [-0.39, 0.29) is 11.8 Å². The van der Waals surface area contributed by atoms with Crippen molar-refractivity contribution in [2.24, 2.45) is 17.8 Å². The maximum absolute atomic E-state index is 12.4. The quantitative estimate of drug-likeness (QED) is 0.331. The van der Waals surface area contributed by atoms with Gasteiger partial charge in [0.2, 0.25) is 0 Å². The monoisotopic (exact) mass is 362 g/mol. The van der Waals surface area contributed by atoms with Crippen LogP contribution in [0.25, 0.3) is 0 Å². The molecule has 3 aliphatic heterocycles. The van der Waals surface area contributed by atoms with E-state index in [0.29, 0.717) is 31.6 Å². The molecule has 0 aromatic carbocycles. The van der Waals surface area contributed by atoms with E-state index in [1.165, 1.54) is 0 Å². The van der Waals surface area contributed by atoms with Gasteiger partial charge in [0.1, 0.15) is 17.8 Å². The maximum Gasteiger partial charge on any atom is 0.340 e. The fraction of sp³-hybridized carbons (Fsp3) is 0.684. The number of esters is 2. The molecule has 0 bridgehead atoms. The van der Waals surface area contributed by atoms with Crippen molar-refractivity contribution in [1.29, 1.82) is 0 Å². The van der Waals surface area contributed by atoms with Crippen molar-refractivity contribution < 1.29 is 33.6 Å². The van der Waals surface area contributed by atoms with Crippen LogP contribution in [-0.4, -0.2) is 59.8 Å². The van der Waals surface area contributed by atoms with Crippen LogP contribution < -0.4 is 0 Å². The lowest BCUT2D eigenvalue weighted by Gasteiger charge is -2.30. The third-order valence-electron chi connectivity index (χ3n) is 6.79. The van der Waals surface area contributed by atoms with Crippen LogP contribution in [0.3, 0.4) is 0 Å². The topological polar surface area (TPSA) is 97.9 Å². The fourth-order valence-corrected chi connectivity index (χ4v) is 5.02. The van der Waals surface area contributed by atoms with Crippen molar-refractivity contribution in [2.75, 3.05) is 13.2 Å². The van der Waals surface area contributed by atoms with Gasteiger partial charge < -0.3 is 24.1 Å². The van der Waals surface area contributed by atoms with Gasteiger partial charge in [-0.2, -0.15) is 0 Å². The molecule has 1 N–H and O–H groups in total. The largest absolute Gasteiger partial charge is 0.459 e. The van der Waals surface area contributed by atoms with Crippen molar-refractivity contribution >= 4 is 11.9 Å². The van der Waals surface area contributed by atoms with Crippen LogP contribution in [0.15, 0.2) is 24.3 Å². The van der Waals surface area contributed by atoms with Gasteiger partial charge in [-0.3, -0.25) is 0 Å². The molecule has 5 aliphatic rings. The van der Waals surface area contributed by atoms with E-state index in [1.54, 1.807) is 6.92 Å². The predicted octanol–water partition coefficient (Wildman–Crippen LogP) is 0.511. The zero-order valence-corrected chi connectivity index (χ0v) is 14.6. The summed E-state index contributed by atoms with van der Waals surface area (Å²) in [6, 6.07) is 0. The van der Waals surface area contributed by atoms with Crippen LogP contribution in [-0.2, 0) is 28.5 Å². The summed E-state index contributed by atoms with van der Waals surface area (Å²) in [6.45, 7) is 10.5. The zero-order valence-electron chi connectivity index (χ0n) is 14.6. The summed E-state index contributed by atoms with van der Waals surface area (Å²) in [5.74, 6) is -1.62. The Kier molecular flexibility index (Phi) is 3.15. The van der Waals surface area contributed by atoms with Gasteiger partial charge in [0.15, 0.2) is 5.60 Å². The number of carbonyl (C=O) groups is 2. The number of aliphatic hydroxyl groups is 1. The van der Waals surface area contributed by atoms with E-state index in [9.17, 15) is 14.7 Å². The van der Waals surface area contributed by atoms with E-state index in [2.05, 4.69) is 13.2 Å². The highest BCUT2D eigenvalue weighted by Crippen LogP contribution is 2.60. The lowest BCUT2D eigenvalue weighted by molar-refractivity contribution is -0.158. The Labute approximate surface area is 150 Å². The average molecular weight is 362 g/mol. The fourth-order valence-electron chi connectivity index (χ4n) is 5.02. The first-order valence-corrected chi connectivity index (χ1v) is 9.01. The normalized spacial score (nSPS) is 51.5. The number of carbonyl (C=O) groups excluding carboxylic acids is 2. The Balaban J connectivity index is 1.51.